The number of urea groups is 1. The molecule has 3 N–H and O–H groups in total. The second kappa shape index (κ2) is 8.36. The number of carboxylic acids is 1. The molecule has 0 radical (unpaired) electrons. The number of nitrogens with one attached hydrogen (secondary N) is 2. The number of aliphatic carboxylic acids is 1. The van der Waals surface area contributed by atoms with E-state index in [1.165, 1.54) is 0 Å². The van der Waals surface area contributed by atoms with Crippen molar-refractivity contribution < 1.29 is 24.2 Å². The van der Waals surface area contributed by atoms with Gasteiger partial charge in [-0.1, -0.05) is 6.92 Å². The minimum Gasteiger partial charge on any atom is -0.480 e. The highest BCUT2D eigenvalue weighted by atomic mass is 16.5. The zero-order valence-corrected chi connectivity index (χ0v) is 11.6. The molecule has 0 aromatic heterocycles. The largest absolute Gasteiger partial charge is 0.480 e. The van der Waals surface area contributed by atoms with Crippen LogP contribution in [0.4, 0.5) is 4.79 Å². The van der Waals surface area contributed by atoms with Crippen LogP contribution in [0.2, 0.25) is 0 Å². The first kappa shape index (κ1) is 16.2. The fourth-order valence-electron chi connectivity index (χ4n) is 1.80. The van der Waals surface area contributed by atoms with Gasteiger partial charge in [-0.3, -0.25) is 4.79 Å². The van der Waals surface area contributed by atoms with E-state index in [1.54, 1.807) is 11.8 Å². The Morgan fingerprint density at radius 2 is 1.95 bits per heavy atom. The Hall–Kier alpha value is -1.83. The summed E-state index contributed by atoms with van der Waals surface area (Å²) in [7, 11) is 0. The lowest BCUT2D eigenvalue weighted by Crippen LogP contribution is -2.47. The van der Waals surface area contributed by atoms with Gasteiger partial charge in [0.05, 0.1) is 13.2 Å². The second-order valence-corrected chi connectivity index (χ2v) is 4.44. The highest BCUT2D eigenvalue weighted by Gasteiger charge is 2.18. The third-order valence-electron chi connectivity index (χ3n) is 3.00. The predicted octanol–water partition coefficient (Wildman–Crippen LogP) is -0.602. The second-order valence-electron chi connectivity index (χ2n) is 4.44. The van der Waals surface area contributed by atoms with E-state index in [-0.39, 0.29) is 18.9 Å². The van der Waals surface area contributed by atoms with Gasteiger partial charge in [-0.05, 0) is 6.42 Å². The average Bonchev–Trinajstić information content (AvgIpc) is 2.45. The van der Waals surface area contributed by atoms with Crippen LogP contribution < -0.4 is 10.6 Å². The lowest BCUT2D eigenvalue weighted by molar-refractivity contribution is -0.139. The van der Waals surface area contributed by atoms with E-state index in [0.29, 0.717) is 32.7 Å². The topological polar surface area (TPSA) is 108 Å². The fraction of sp³-hybridized carbons (Fsp3) is 0.750. The molecule has 0 saturated carbocycles. The van der Waals surface area contributed by atoms with Crippen molar-refractivity contribution in [1.29, 1.82) is 0 Å². The van der Waals surface area contributed by atoms with Crippen LogP contribution >= 0.6 is 0 Å². The summed E-state index contributed by atoms with van der Waals surface area (Å²) >= 11 is 0. The van der Waals surface area contributed by atoms with E-state index in [4.69, 9.17) is 9.84 Å². The van der Waals surface area contributed by atoms with Crippen molar-refractivity contribution >= 4 is 17.9 Å². The molecule has 1 saturated heterocycles. The van der Waals surface area contributed by atoms with Crippen molar-refractivity contribution in [3.05, 3.63) is 0 Å². The average molecular weight is 287 g/mol. The number of ether oxygens (including phenoxy) is 1. The summed E-state index contributed by atoms with van der Waals surface area (Å²) in [5.41, 5.74) is 0. The van der Waals surface area contributed by atoms with Gasteiger partial charge >= 0.3 is 12.0 Å². The molecule has 8 heteroatoms. The lowest BCUT2D eigenvalue weighted by Gasteiger charge is -2.26. The Morgan fingerprint density at radius 3 is 2.50 bits per heavy atom. The summed E-state index contributed by atoms with van der Waals surface area (Å²) in [5.74, 6) is -1.12. The summed E-state index contributed by atoms with van der Waals surface area (Å²) < 4.78 is 5.14. The molecule has 1 atom stereocenters. The van der Waals surface area contributed by atoms with Crippen LogP contribution in [0.15, 0.2) is 0 Å². The highest BCUT2D eigenvalue weighted by Crippen LogP contribution is 1.99. The standard InChI is InChI=1S/C12H21N3O5/c1-2-9(11(17)18)14-12(19)13-4-3-10(16)15-5-7-20-8-6-15/h9H,2-8H2,1H3,(H,17,18)(H2,13,14,19). The highest BCUT2D eigenvalue weighted by molar-refractivity contribution is 5.83. The quantitative estimate of drug-likeness (QED) is 0.604. The molecule has 0 spiro atoms. The van der Waals surface area contributed by atoms with Crippen molar-refractivity contribution in [3.63, 3.8) is 0 Å². The molecule has 0 aromatic rings. The van der Waals surface area contributed by atoms with Crippen LogP contribution in [0, 0.1) is 0 Å². The summed E-state index contributed by atoms with van der Waals surface area (Å²) in [6.45, 7) is 4.07. The Bertz CT molecular complexity index is 355. The minimum absolute atomic E-state index is 0.0427. The van der Waals surface area contributed by atoms with Crippen LogP contribution in [0.3, 0.4) is 0 Å². The molecule has 0 aromatic carbocycles. The van der Waals surface area contributed by atoms with Gasteiger partial charge in [-0.15, -0.1) is 0 Å². The SMILES string of the molecule is CCC(NC(=O)NCCC(=O)N1CCOCC1)C(=O)O. The normalized spacial score (nSPS) is 16.4. The Balaban J connectivity index is 2.20. The number of amides is 3. The van der Waals surface area contributed by atoms with Gasteiger partial charge in [0, 0.05) is 26.1 Å². The van der Waals surface area contributed by atoms with Crippen LogP contribution in [-0.4, -0.2) is 66.8 Å². The number of carboxylic acid groups (broad SMARTS) is 1. The van der Waals surface area contributed by atoms with Crippen molar-refractivity contribution in [1.82, 2.24) is 15.5 Å². The van der Waals surface area contributed by atoms with E-state index in [1.807, 2.05) is 0 Å². The number of nitrogens with zero attached hydrogens (tertiary/aromatic N) is 1. The monoisotopic (exact) mass is 287 g/mol. The van der Waals surface area contributed by atoms with Crippen molar-refractivity contribution in [2.45, 2.75) is 25.8 Å². The molecule has 20 heavy (non-hydrogen) atoms. The molecule has 1 fully saturated rings. The van der Waals surface area contributed by atoms with Crippen LogP contribution in [0.5, 0.6) is 0 Å². The molecule has 0 aliphatic carbocycles. The third kappa shape index (κ3) is 5.43. The van der Waals surface area contributed by atoms with Crippen molar-refractivity contribution in [3.8, 4) is 0 Å². The van der Waals surface area contributed by atoms with Gasteiger partial charge < -0.3 is 25.4 Å². The number of rotatable bonds is 6. The summed E-state index contributed by atoms with van der Waals surface area (Å²) in [5, 5.41) is 13.6. The summed E-state index contributed by atoms with van der Waals surface area (Å²) in [6.07, 6.45) is 0.493. The molecule has 8 nitrogen and oxygen atoms in total. The molecular formula is C12H21N3O5. The number of hydrogen-bond acceptors (Lipinski definition) is 4. The van der Waals surface area contributed by atoms with E-state index in [9.17, 15) is 14.4 Å². The molecule has 3 amide bonds. The Labute approximate surface area is 117 Å². The summed E-state index contributed by atoms with van der Waals surface area (Å²) in [6, 6.07) is -1.49. The molecule has 1 aliphatic rings. The number of hydrogen-bond donors (Lipinski definition) is 3. The number of morpholine rings is 1. The van der Waals surface area contributed by atoms with E-state index in [2.05, 4.69) is 10.6 Å². The molecule has 114 valence electrons. The maximum atomic E-state index is 11.8. The first-order chi connectivity index (χ1) is 9.54. The molecule has 1 rings (SSSR count). The van der Waals surface area contributed by atoms with Gasteiger partial charge in [0.1, 0.15) is 6.04 Å². The molecule has 1 aliphatic heterocycles. The van der Waals surface area contributed by atoms with Crippen LogP contribution in [0.1, 0.15) is 19.8 Å². The van der Waals surface area contributed by atoms with Gasteiger partial charge in [-0.2, -0.15) is 0 Å². The first-order valence-electron chi connectivity index (χ1n) is 6.67. The van der Waals surface area contributed by atoms with Crippen molar-refractivity contribution in [2.24, 2.45) is 0 Å². The predicted molar refractivity (Wildman–Crippen MR) is 70.3 cm³/mol. The molecule has 1 unspecified atom stereocenters. The van der Waals surface area contributed by atoms with Gasteiger partial charge in [0.25, 0.3) is 0 Å². The molecule has 0 bridgehead atoms. The minimum atomic E-state index is -1.08. The van der Waals surface area contributed by atoms with Crippen LogP contribution in [-0.2, 0) is 14.3 Å². The lowest BCUT2D eigenvalue weighted by atomic mass is 10.2. The maximum absolute atomic E-state index is 11.8. The van der Waals surface area contributed by atoms with Gasteiger partial charge in [0.15, 0.2) is 0 Å². The Kier molecular flexibility index (Phi) is 6.78. The van der Waals surface area contributed by atoms with Crippen LogP contribution in [0.25, 0.3) is 0 Å². The fourth-order valence-corrected chi connectivity index (χ4v) is 1.80. The van der Waals surface area contributed by atoms with E-state index < -0.39 is 18.0 Å². The zero-order valence-electron chi connectivity index (χ0n) is 11.6. The molecular weight excluding hydrogens is 266 g/mol. The third-order valence-corrected chi connectivity index (χ3v) is 3.00. The smallest absolute Gasteiger partial charge is 0.326 e. The molecule has 1 heterocycles. The van der Waals surface area contributed by atoms with Gasteiger partial charge in [0.2, 0.25) is 5.91 Å². The first-order valence-corrected chi connectivity index (χ1v) is 6.67. The summed E-state index contributed by atoms with van der Waals surface area (Å²) in [4.78, 5) is 35.6. The number of carbonyl (C=O) groups is 3. The van der Waals surface area contributed by atoms with E-state index >= 15 is 0 Å². The van der Waals surface area contributed by atoms with Crippen molar-refractivity contribution in [2.75, 3.05) is 32.8 Å². The van der Waals surface area contributed by atoms with Gasteiger partial charge in [-0.25, -0.2) is 9.59 Å². The number of carbonyl (C=O) groups excluding carboxylic acids is 2. The van der Waals surface area contributed by atoms with E-state index in [0.717, 1.165) is 0 Å². The zero-order chi connectivity index (χ0) is 15.0. The maximum Gasteiger partial charge on any atom is 0.326 e. The Morgan fingerprint density at radius 1 is 1.30 bits per heavy atom.